The zero-order chi connectivity index (χ0) is 19.2. The lowest BCUT2D eigenvalue weighted by Gasteiger charge is -2.00. The molecule has 0 unspecified atom stereocenters. The third-order valence-electron chi connectivity index (χ3n) is 3.21. The zero-order valence-electron chi connectivity index (χ0n) is 14.6. The second-order valence-electron chi connectivity index (χ2n) is 5.48. The van der Waals surface area contributed by atoms with E-state index in [1.54, 1.807) is 18.3 Å². The van der Waals surface area contributed by atoms with Gasteiger partial charge in [-0.2, -0.15) is 4.98 Å². The predicted molar refractivity (Wildman–Crippen MR) is 107 cm³/mol. The van der Waals surface area contributed by atoms with Crippen LogP contribution in [-0.4, -0.2) is 32.7 Å². The Hall–Kier alpha value is -2.24. The van der Waals surface area contributed by atoms with Gasteiger partial charge in [-0.05, 0) is 12.1 Å². The summed E-state index contributed by atoms with van der Waals surface area (Å²) in [4.78, 5) is 33.6. The summed E-state index contributed by atoms with van der Waals surface area (Å²) < 4.78 is 4.89. The lowest BCUT2D eigenvalue weighted by atomic mass is 10.3. The van der Waals surface area contributed by atoms with Gasteiger partial charge in [0.1, 0.15) is 0 Å². The number of nitrogens with zero attached hydrogens (tertiary/aromatic N) is 3. The molecule has 0 aliphatic carbocycles. The Morgan fingerprint density at radius 1 is 1.30 bits per heavy atom. The molecule has 0 saturated carbocycles. The number of anilines is 1. The van der Waals surface area contributed by atoms with Crippen LogP contribution in [0.5, 0.6) is 0 Å². The average Bonchev–Trinajstić information content (AvgIpc) is 3.34. The Labute approximate surface area is 167 Å². The first-order valence-electron chi connectivity index (χ1n) is 7.95. The summed E-state index contributed by atoms with van der Waals surface area (Å²) in [5.41, 5.74) is 0.810. The van der Waals surface area contributed by atoms with E-state index in [9.17, 15) is 9.59 Å². The molecule has 0 aromatic carbocycles. The fraction of sp³-hybridized carbons (Fsp3) is 0.312. The summed E-state index contributed by atoms with van der Waals surface area (Å²) in [7, 11) is 0. The molecule has 0 bridgehead atoms. The molecule has 2 N–H and O–H groups in total. The molecule has 3 rings (SSSR count). The summed E-state index contributed by atoms with van der Waals surface area (Å²) in [5.74, 6) is 1.70. The molecule has 0 spiro atoms. The number of rotatable bonds is 8. The molecular formula is C16H17N5O3S3. The van der Waals surface area contributed by atoms with Crippen molar-refractivity contribution in [2.75, 3.05) is 11.1 Å². The Morgan fingerprint density at radius 2 is 2.15 bits per heavy atom. The Balaban J connectivity index is 1.48. The second-order valence-corrected chi connectivity index (χ2v) is 8.50. The first-order chi connectivity index (χ1) is 13.0. The van der Waals surface area contributed by atoms with Crippen molar-refractivity contribution in [1.29, 1.82) is 0 Å². The monoisotopic (exact) mass is 423 g/mol. The summed E-state index contributed by atoms with van der Waals surface area (Å²) in [6, 6.07) is 3.93. The third-order valence-corrected chi connectivity index (χ3v) is 6.00. The minimum absolute atomic E-state index is 0.0593. The van der Waals surface area contributed by atoms with Crippen molar-refractivity contribution in [3.63, 3.8) is 0 Å². The van der Waals surface area contributed by atoms with Crippen LogP contribution < -0.4 is 10.6 Å². The van der Waals surface area contributed by atoms with E-state index in [0.717, 1.165) is 15.4 Å². The highest BCUT2D eigenvalue weighted by molar-refractivity contribution is 7.99. The van der Waals surface area contributed by atoms with Gasteiger partial charge < -0.3 is 15.2 Å². The number of thiazole rings is 1. The fourth-order valence-corrected chi connectivity index (χ4v) is 4.43. The number of hydrogen-bond acceptors (Lipinski definition) is 9. The first kappa shape index (κ1) is 19.5. The average molecular weight is 424 g/mol. The van der Waals surface area contributed by atoms with Crippen LogP contribution >= 0.6 is 34.4 Å². The van der Waals surface area contributed by atoms with Crippen LogP contribution in [0.25, 0.3) is 10.6 Å². The quantitative estimate of drug-likeness (QED) is 0.573. The molecule has 3 heterocycles. The van der Waals surface area contributed by atoms with Crippen molar-refractivity contribution in [2.24, 2.45) is 0 Å². The minimum atomic E-state index is -0.126. The van der Waals surface area contributed by atoms with Crippen LogP contribution in [0.1, 0.15) is 23.5 Å². The van der Waals surface area contributed by atoms with Gasteiger partial charge in [0.15, 0.2) is 11.0 Å². The van der Waals surface area contributed by atoms with Gasteiger partial charge in [0, 0.05) is 24.1 Å². The SMILES string of the molecule is CC(=O)NCc1ccc(-c2csc(NC(=O)CSCc3noc(C)n3)n2)s1. The molecule has 27 heavy (non-hydrogen) atoms. The number of aromatic nitrogens is 3. The van der Waals surface area contributed by atoms with Crippen molar-refractivity contribution < 1.29 is 14.1 Å². The van der Waals surface area contributed by atoms with Crippen molar-refractivity contribution in [1.82, 2.24) is 20.4 Å². The van der Waals surface area contributed by atoms with E-state index >= 15 is 0 Å². The van der Waals surface area contributed by atoms with Crippen LogP contribution in [0.2, 0.25) is 0 Å². The van der Waals surface area contributed by atoms with Crippen molar-refractivity contribution in [3.05, 3.63) is 34.1 Å². The van der Waals surface area contributed by atoms with Gasteiger partial charge in [0.25, 0.3) is 0 Å². The second kappa shape index (κ2) is 9.11. The molecule has 3 aromatic rings. The predicted octanol–water partition coefficient (Wildman–Crippen LogP) is 3.07. The number of amides is 2. The number of carbonyl (C=O) groups is 2. The molecule has 142 valence electrons. The van der Waals surface area contributed by atoms with Crippen molar-refractivity contribution in [2.45, 2.75) is 26.1 Å². The van der Waals surface area contributed by atoms with Crippen LogP contribution in [0.15, 0.2) is 22.0 Å². The van der Waals surface area contributed by atoms with Crippen molar-refractivity contribution >= 4 is 51.4 Å². The highest BCUT2D eigenvalue weighted by Gasteiger charge is 2.11. The number of thioether (sulfide) groups is 1. The van der Waals surface area contributed by atoms with Gasteiger partial charge >= 0.3 is 0 Å². The smallest absolute Gasteiger partial charge is 0.236 e. The number of nitrogens with one attached hydrogen (secondary N) is 2. The first-order valence-corrected chi connectivity index (χ1v) is 10.8. The molecule has 0 aliphatic rings. The maximum absolute atomic E-state index is 12.0. The number of aryl methyl sites for hydroxylation is 1. The summed E-state index contributed by atoms with van der Waals surface area (Å²) >= 11 is 4.35. The van der Waals surface area contributed by atoms with E-state index in [1.807, 2.05) is 17.5 Å². The highest BCUT2D eigenvalue weighted by Crippen LogP contribution is 2.30. The molecule has 0 radical (unpaired) electrons. The van der Waals surface area contributed by atoms with Gasteiger partial charge in [-0.1, -0.05) is 5.16 Å². The molecule has 0 fully saturated rings. The maximum Gasteiger partial charge on any atom is 0.236 e. The summed E-state index contributed by atoms with van der Waals surface area (Å²) in [5, 5.41) is 11.8. The Kier molecular flexibility index (Phi) is 6.58. The molecule has 0 atom stereocenters. The summed E-state index contributed by atoms with van der Waals surface area (Å²) in [6.45, 7) is 3.72. The largest absolute Gasteiger partial charge is 0.351 e. The summed E-state index contributed by atoms with van der Waals surface area (Å²) in [6.07, 6.45) is 0. The number of thiophene rings is 1. The van der Waals surface area contributed by atoms with Crippen LogP contribution in [0, 0.1) is 6.92 Å². The third kappa shape index (κ3) is 5.88. The van der Waals surface area contributed by atoms with E-state index in [2.05, 4.69) is 25.8 Å². The fourth-order valence-electron chi connectivity index (χ4n) is 2.06. The van der Waals surface area contributed by atoms with Crippen LogP contribution in [0.3, 0.4) is 0 Å². The number of carbonyl (C=O) groups excluding carboxylic acids is 2. The van der Waals surface area contributed by atoms with Gasteiger partial charge in [-0.15, -0.1) is 34.4 Å². The Morgan fingerprint density at radius 3 is 2.89 bits per heavy atom. The van der Waals surface area contributed by atoms with Gasteiger partial charge in [-0.3, -0.25) is 9.59 Å². The molecular weight excluding hydrogens is 406 g/mol. The molecule has 0 saturated heterocycles. The topological polar surface area (TPSA) is 110 Å². The highest BCUT2D eigenvalue weighted by atomic mass is 32.2. The molecule has 3 aromatic heterocycles. The maximum atomic E-state index is 12.0. The zero-order valence-corrected chi connectivity index (χ0v) is 17.1. The molecule has 8 nitrogen and oxygen atoms in total. The Bertz CT molecular complexity index is 933. The van der Waals surface area contributed by atoms with E-state index in [1.165, 1.54) is 30.0 Å². The standard InChI is InChI=1S/C16H17N5O3S3/c1-9(22)17-5-11-3-4-13(27-11)12-6-26-16(19-12)20-15(23)8-25-7-14-18-10(2)24-21-14/h3-4,6H,5,7-8H2,1-2H3,(H,17,22)(H,19,20,23). The molecule has 0 aliphatic heterocycles. The van der Waals surface area contributed by atoms with Crippen LogP contribution in [-0.2, 0) is 21.9 Å². The van der Waals surface area contributed by atoms with E-state index < -0.39 is 0 Å². The lowest BCUT2D eigenvalue weighted by molar-refractivity contribution is -0.119. The minimum Gasteiger partial charge on any atom is -0.351 e. The van der Waals surface area contributed by atoms with E-state index in [4.69, 9.17) is 4.52 Å². The number of hydrogen-bond donors (Lipinski definition) is 2. The normalized spacial score (nSPS) is 10.7. The lowest BCUT2D eigenvalue weighted by Crippen LogP contribution is -2.17. The molecule has 11 heteroatoms. The van der Waals surface area contributed by atoms with Crippen LogP contribution in [0.4, 0.5) is 5.13 Å². The van der Waals surface area contributed by atoms with Gasteiger partial charge in [0.05, 0.1) is 28.6 Å². The van der Waals surface area contributed by atoms with E-state index in [-0.39, 0.29) is 17.6 Å². The van der Waals surface area contributed by atoms with Gasteiger partial charge in [-0.25, -0.2) is 4.98 Å². The molecule has 2 amide bonds. The van der Waals surface area contributed by atoms with Gasteiger partial charge in [0.2, 0.25) is 17.7 Å². The van der Waals surface area contributed by atoms with E-state index in [0.29, 0.717) is 29.1 Å². The van der Waals surface area contributed by atoms with Crippen molar-refractivity contribution in [3.8, 4) is 10.6 Å².